The summed E-state index contributed by atoms with van der Waals surface area (Å²) in [5.41, 5.74) is 0. The Labute approximate surface area is 117 Å². The normalized spacial score (nSPS) is 11.3. The molecule has 0 saturated heterocycles. The monoisotopic (exact) mass is 253 g/mol. The summed E-state index contributed by atoms with van der Waals surface area (Å²) in [5, 5.41) is 0. The Morgan fingerprint density at radius 2 is 1.06 bits per heavy atom. The average molecular weight is 253 g/mol. The fourth-order valence-electron chi connectivity index (χ4n) is 2.76. The van der Waals surface area contributed by atoms with E-state index >= 15 is 0 Å². The fourth-order valence-corrected chi connectivity index (χ4v) is 2.76. The van der Waals surface area contributed by atoms with E-state index in [2.05, 4.69) is 20.8 Å². The van der Waals surface area contributed by atoms with Crippen molar-refractivity contribution in [3.8, 4) is 0 Å². The van der Waals surface area contributed by atoms with Crippen molar-refractivity contribution in [3.63, 3.8) is 0 Å². The smallest absolute Gasteiger partial charge is 0.0414 e. The van der Waals surface area contributed by atoms with E-state index in [-0.39, 0.29) is 0 Å². The average Bonchev–Trinajstić information content (AvgIpc) is 2.39. The first-order valence-electron chi connectivity index (χ1n) is 8.64. The van der Waals surface area contributed by atoms with Crippen molar-refractivity contribution < 1.29 is 0 Å². The Morgan fingerprint density at radius 1 is 0.611 bits per heavy atom. The van der Waals surface area contributed by atoms with Gasteiger partial charge in [-0.1, -0.05) is 111 Å². The van der Waals surface area contributed by atoms with E-state index in [1.807, 2.05) is 0 Å². The van der Waals surface area contributed by atoms with Crippen molar-refractivity contribution >= 4 is 0 Å². The Morgan fingerprint density at radius 3 is 1.56 bits per heavy atom. The minimum Gasteiger partial charge on any atom is -0.0654 e. The summed E-state index contributed by atoms with van der Waals surface area (Å²) in [6, 6.07) is 0. The van der Waals surface area contributed by atoms with Gasteiger partial charge < -0.3 is 0 Å². The molecule has 0 bridgehead atoms. The number of hydrogen-bond acceptors (Lipinski definition) is 0. The van der Waals surface area contributed by atoms with Gasteiger partial charge in [-0.25, -0.2) is 0 Å². The SMILES string of the molecule is [CH2]CCCCCC(CCCCC)CCCCCC. The van der Waals surface area contributed by atoms with Crippen LogP contribution in [0.2, 0.25) is 0 Å². The molecule has 0 spiro atoms. The molecule has 0 aliphatic carbocycles. The molecule has 0 aromatic heterocycles. The van der Waals surface area contributed by atoms with Gasteiger partial charge in [0, 0.05) is 0 Å². The van der Waals surface area contributed by atoms with Crippen LogP contribution >= 0.6 is 0 Å². The van der Waals surface area contributed by atoms with Gasteiger partial charge in [0.25, 0.3) is 0 Å². The molecule has 0 rings (SSSR count). The van der Waals surface area contributed by atoms with E-state index in [0.717, 1.165) is 12.3 Å². The van der Waals surface area contributed by atoms with E-state index in [1.165, 1.54) is 83.5 Å². The second-order valence-electron chi connectivity index (χ2n) is 5.91. The zero-order valence-corrected chi connectivity index (χ0v) is 13.2. The largest absolute Gasteiger partial charge is 0.0654 e. The number of unbranched alkanes of at least 4 members (excludes halogenated alkanes) is 8. The third kappa shape index (κ3) is 12.5. The lowest BCUT2D eigenvalue weighted by Gasteiger charge is -2.16. The second-order valence-corrected chi connectivity index (χ2v) is 5.91. The molecule has 0 fully saturated rings. The fraction of sp³-hybridized carbons (Fsp3) is 0.944. The van der Waals surface area contributed by atoms with Crippen LogP contribution in [0.4, 0.5) is 0 Å². The summed E-state index contributed by atoms with van der Waals surface area (Å²) in [5.74, 6) is 1.03. The van der Waals surface area contributed by atoms with E-state index in [9.17, 15) is 0 Å². The summed E-state index contributed by atoms with van der Waals surface area (Å²) < 4.78 is 0. The van der Waals surface area contributed by atoms with Crippen LogP contribution < -0.4 is 0 Å². The molecule has 0 aromatic rings. The summed E-state index contributed by atoms with van der Waals surface area (Å²) in [4.78, 5) is 0. The van der Waals surface area contributed by atoms with Crippen molar-refractivity contribution in [3.05, 3.63) is 6.92 Å². The highest BCUT2D eigenvalue weighted by atomic mass is 14.1. The molecule has 18 heavy (non-hydrogen) atoms. The Hall–Kier alpha value is 0. The highest BCUT2D eigenvalue weighted by Gasteiger charge is 2.08. The molecular weight excluding hydrogens is 216 g/mol. The van der Waals surface area contributed by atoms with Crippen molar-refractivity contribution in [1.82, 2.24) is 0 Å². The van der Waals surface area contributed by atoms with Crippen molar-refractivity contribution in [2.45, 2.75) is 104 Å². The molecule has 0 aliphatic heterocycles. The van der Waals surface area contributed by atoms with Crippen molar-refractivity contribution in [2.75, 3.05) is 0 Å². The lowest BCUT2D eigenvalue weighted by Crippen LogP contribution is -2.01. The zero-order valence-electron chi connectivity index (χ0n) is 13.2. The number of hydrogen-bond donors (Lipinski definition) is 0. The maximum absolute atomic E-state index is 3.93. The molecule has 1 radical (unpaired) electrons. The van der Waals surface area contributed by atoms with Crippen LogP contribution in [0.5, 0.6) is 0 Å². The van der Waals surface area contributed by atoms with Gasteiger partial charge in [-0.15, -0.1) is 0 Å². The molecule has 0 N–H and O–H groups in total. The van der Waals surface area contributed by atoms with Gasteiger partial charge in [0.1, 0.15) is 0 Å². The van der Waals surface area contributed by atoms with Crippen LogP contribution in [0.25, 0.3) is 0 Å². The highest BCUT2D eigenvalue weighted by Crippen LogP contribution is 2.23. The minimum absolute atomic E-state index is 1.03. The zero-order chi connectivity index (χ0) is 13.5. The van der Waals surface area contributed by atoms with Crippen LogP contribution in [-0.4, -0.2) is 0 Å². The quantitative estimate of drug-likeness (QED) is 0.294. The molecule has 1 unspecified atom stereocenters. The Bertz CT molecular complexity index is 127. The standard InChI is InChI=1S/C18H37/c1-4-7-10-13-16-18(15-12-9-6-3)17-14-11-8-5-2/h18H,1,4-17H2,2-3H3. The van der Waals surface area contributed by atoms with E-state index in [1.54, 1.807) is 0 Å². The Kier molecular flexibility index (Phi) is 15.1. The van der Waals surface area contributed by atoms with Gasteiger partial charge in [-0.05, 0) is 5.92 Å². The van der Waals surface area contributed by atoms with Gasteiger partial charge in [0.2, 0.25) is 0 Å². The van der Waals surface area contributed by atoms with Gasteiger partial charge >= 0.3 is 0 Å². The van der Waals surface area contributed by atoms with Crippen LogP contribution in [0, 0.1) is 12.8 Å². The summed E-state index contributed by atoms with van der Waals surface area (Å²) in [6.07, 6.45) is 19.8. The predicted octanol–water partition coefficient (Wildman–Crippen LogP) is 6.94. The highest BCUT2D eigenvalue weighted by molar-refractivity contribution is 4.61. The van der Waals surface area contributed by atoms with Gasteiger partial charge in [-0.3, -0.25) is 0 Å². The van der Waals surface area contributed by atoms with Crippen LogP contribution in [0.3, 0.4) is 0 Å². The summed E-state index contributed by atoms with van der Waals surface area (Å²) in [7, 11) is 0. The topological polar surface area (TPSA) is 0 Å². The molecule has 0 amide bonds. The Balaban J connectivity index is 3.62. The van der Waals surface area contributed by atoms with Gasteiger partial charge in [0.15, 0.2) is 0 Å². The molecular formula is C18H37. The lowest BCUT2D eigenvalue weighted by atomic mass is 9.90. The maximum Gasteiger partial charge on any atom is -0.0414 e. The van der Waals surface area contributed by atoms with E-state index in [4.69, 9.17) is 0 Å². The molecule has 0 saturated carbocycles. The molecule has 109 valence electrons. The lowest BCUT2D eigenvalue weighted by molar-refractivity contribution is 0.370. The van der Waals surface area contributed by atoms with E-state index < -0.39 is 0 Å². The van der Waals surface area contributed by atoms with Crippen molar-refractivity contribution in [1.29, 1.82) is 0 Å². The molecule has 0 heteroatoms. The first-order chi connectivity index (χ1) is 8.85. The molecule has 0 aromatic carbocycles. The summed E-state index contributed by atoms with van der Waals surface area (Å²) in [6.45, 7) is 8.55. The van der Waals surface area contributed by atoms with Crippen LogP contribution in [0.1, 0.15) is 104 Å². The predicted molar refractivity (Wildman–Crippen MR) is 84.8 cm³/mol. The molecule has 1 atom stereocenters. The third-order valence-corrected chi connectivity index (χ3v) is 4.04. The maximum atomic E-state index is 3.93. The minimum atomic E-state index is 1.03. The molecule has 0 nitrogen and oxygen atoms in total. The molecule has 0 aliphatic rings. The number of rotatable bonds is 14. The molecule has 0 heterocycles. The van der Waals surface area contributed by atoms with E-state index in [0.29, 0.717) is 0 Å². The summed E-state index contributed by atoms with van der Waals surface area (Å²) >= 11 is 0. The second kappa shape index (κ2) is 15.1. The first kappa shape index (κ1) is 18.0. The van der Waals surface area contributed by atoms with Crippen LogP contribution in [0.15, 0.2) is 0 Å². The first-order valence-corrected chi connectivity index (χ1v) is 8.64. The van der Waals surface area contributed by atoms with Gasteiger partial charge in [0.05, 0.1) is 0 Å². The van der Waals surface area contributed by atoms with Crippen LogP contribution in [-0.2, 0) is 0 Å². The van der Waals surface area contributed by atoms with Crippen molar-refractivity contribution in [2.24, 2.45) is 5.92 Å². The third-order valence-electron chi connectivity index (χ3n) is 4.04. The van der Waals surface area contributed by atoms with Gasteiger partial charge in [-0.2, -0.15) is 0 Å².